The van der Waals surface area contributed by atoms with E-state index in [0.717, 1.165) is 0 Å². The predicted octanol–water partition coefficient (Wildman–Crippen LogP) is 2.01. The zero-order valence-corrected chi connectivity index (χ0v) is 11.6. The summed E-state index contributed by atoms with van der Waals surface area (Å²) in [5.74, 6) is 0.367. The fourth-order valence-electron chi connectivity index (χ4n) is 1.83. The van der Waals surface area contributed by atoms with Crippen molar-refractivity contribution in [2.24, 2.45) is 0 Å². The van der Waals surface area contributed by atoms with Crippen LogP contribution >= 0.6 is 0 Å². The lowest BCUT2D eigenvalue weighted by atomic mass is 10.00. The van der Waals surface area contributed by atoms with Gasteiger partial charge in [-0.25, -0.2) is 0 Å². The number of hydrogen-bond donors (Lipinski definition) is 0. The van der Waals surface area contributed by atoms with Crippen LogP contribution in [0.4, 0.5) is 0 Å². The Labute approximate surface area is 112 Å². The van der Waals surface area contributed by atoms with Crippen LogP contribution in [0.5, 0.6) is 11.5 Å². The molecule has 0 radical (unpaired) electrons. The molecule has 1 aromatic carbocycles. The molecule has 0 heterocycles. The first-order chi connectivity index (χ1) is 9.03. The molecular weight excluding hydrogens is 248 g/mol. The molecule has 0 aliphatic heterocycles. The summed E-state index contributed by atoms with van der Waals surface area (Å²) in [5.41, 5.74) is 0.929. The number of esters is 1. The van der Waals surface area contributed by atoms with E-state index in [1.165, 1.54) is 21.1 Å². The van der Waals surface area contributed by atoms with Crippen LogP contribution < -0.4 is 9.47 Å². The molecule has 5 heteroatoms. The lowest BCUT2D eigenvalue weighted by Crippen LogP contribution is -2.12. The minimum atomic E-state index is -0.389. The van der Waals surface area contributed by atoms with E-state index in [1.54, 1.807) is 19.1 Å². The third-order valence-corrected chi connectivity index (χ3v) is 2.61. The van der Waals surface area contributed by atoms with Gasteiger partial charge in [-0.05, 0) is 25.5 Å². The number of methoxy groups -OCH3 is 2. The third-order valence-electron chi connectivity index (χ3n) is 2.61. The quantitative estimate of drug-likeness (QED) is 0.582. The van der Waals surface area contributed by atoms with Crippen LogP contribution in [-0.4, -0.2) is 32.6 Å². The second-order valence-corrected chi connectivity index (χ2v) is 3.90. The predicted molar refractivity (Wildman–Crippen MR) is 69.9 cm³/mol. The molecule has 0 N–H and O–H groups in total. The highest BCUT2D eigenvalue weighted by molar-refractivity contribution is 5.99. The number of ketones is 1. The van der Waals surface area contributed by atoms with Crippen molar-refractivity contribution in [3.63, 3.8) is 0 Å². The zero-order chi connectivity index (χ0) is 14.4. The van der Waals surface area contributed by atoms with Crippen LogP contribution in [-0.2, 0) is 16.0 Å². The van der Waals surface area contributed by atoms with Gasteiger partial charge < -0.3 is 14.2 Å². The second kappa shape index (κ2) is 6.78. The lowest BCUT2D eigenvalue weighted by Gasteiger charge is -2.13. The van der Waals surface area contributed by atoms with Gasteiger partial charge in [0.05, 0.1) is 32.8 Å². The average Bonchev–Trinajstić information content (AvgIpc) is 2.37. The largest absolute Gasteiger partial charge is 0.497 e. The number of carbonyl (C=O) groups excluding carboxylic acids is 2. The number of Topliss-reactive ketones (excluding diaryl/α,β-unsaturated/α-hetero) is 1. The minimum Gasteiger partial charge on any atom is -0.497 e. The Morgan fingerprint density at radius 1 is 1.16 bits per heavy atom. The molecule has 0 atom stereocenters. The summed E-state index contributed by atoms with van der Waals surface area (Å²) >= 11 is 0. The summed E-state index contributed by atoms with van der Waals surface area (Å²) in [6.45, 7) is 3.46. The minimum absolute atomic E-state index is 0.0102. The van der Waals surface area contributed by atoms with Crippen molar-refractivity contribution >= 4 is 11.8 Å². The summed E-state index contributed by atoms with van der Waals surface area (Å²) in [7, 11) is 2.98. The van der Waals surface area contributed by atoms with Gasteiger partial charge in [0.25, 0.3) is 0 Å². The Morgan fingerprint density at radius 2 is 1.84 bits per heavy atom. The monoisotopic (exact) mass is 266 g/mol. The van der Waals surface area contributed by atoms with Crippen LogP contribution in [0.15, 0.2) is 12.1 Å². The number of carbonyl (C=O) groups is 2. The number of hydrogen-bond acceptors (Lipinski definition) is 5. The van der Waals surface area contributed by atoms with Gasteiger partial charge >= 0.3 is 5.97 Å². The van der Waals surface area contributed by atoms with Crippen molar-refractivity contribution in [2.45, 2.75) is 20.3 Å². The fraction of sp³-hybridized carbons (Fsp3) is 0.429. The molecule has 0 fully saturated rings. The van der Waals surface area contributed by atoms with E-state index in [2.05, 4.69) is 0 Å². The van der Waals surface area contributed by atoms with Crippen LogP contribution in [0.25, 0.3) is 0 Å². The molecular formula is C14H18O5. The van der Waals surface area contributed by atoms with Crippen molar-refractivity contribution in [3.05, 3.63) is 23.3 Å². The molecule has 0 saturated heterocycles. The molecule has 0 aliphatic rings. The molecule has 0 aliphatic carbocycles. The maximum absolute atomic E-state index is 11.7. The molecule has 0 unspecified atom stereocenters. The highest BCUT2D eigenvalue weighted by atomic mass is 16.5. The second-order valence-electron chi connectivity index (χ2n) is 3.90. The van der Waals surface area contributed by atoms with E-state index in [4.69, 9.17) is 14.2 Å². The van der Waals surface area contributed by atoms with Gasteiger partial charge in [-0.15, -0.1) is 0 Å². The summed E-state index contributed by atoms with van der Waals surface area (Å²) in [6, 6.07) is 3.27. The molecule has 0 spiro atoms. The number of benzene rings is 1. The van der Waals surface area contributed by atoms with Crippen LogP contribution in [0, 0.1) is 0 Å². The summed E-state index contributed by atoms with van der Waals surface area (Å²) in [4.78, 5) is 23.3. The molecule has 0 bridgehead atoms. The van der Waals surface area contributed by atoms with Gasteiger partial charge in [0.15, 0.2) is 5.78 Å². The van der Waals surface area contributed by atoms with Gasteiger partial charge in [-0.3, -0.25) is 9.59 Å². The summed E-state index contributed by atoms with van der Waals surface area (Å²) in [6.07, 6.45) is 0.0102. The lowest BCUT2D eigenvalue weighted by molar-refractivity contribution is -0.142. The Bertz CT molecular complexity index is 479. The van der Waals surface area contributed by atoms with Crippen molar-refractivity contribution in [2.75, 3.05) is 20.8 Å². The van der Waals surface area contributed by atoms with Gasteiger partial charge in [0, 0.05) is 6.07 Å². The zero-order valence-electron chi connectivity index (χ0n) is 11.6. The first kappa shape index (κ1) is 15.0. The van der Waals surface area contributed by atoms with E-state index in [0.29, 0.717) is 29.2 Å². The Hall–Kier alpha value is -2.04. The van der Waals surface area contributed by atoms with Gasteiger partial charge in [0.1, 0.15) is 11.5 Å². The van der Waals surface area contributed by atoms with Gasteiger partial charge in [-0.2, -0.15) is 0 Å². The molecule has 104 valence electrons. The van der Waals surface area contributed by atoms with E-state index in [1.807, 2.05) is 0 Å². The van der Waals surface area contributed by atoms with Gasteiger partial charge in [-0.1, -0.05) is 0 Å². The molecule has 1 aromatic rings. The topological polar surface area (TPSA) is 61.8 Å². The van der Waals surface area contributed by atoms with Crippen molar-refractivity contribution in [3.8, 4) is 11.5 Å². The smallest absolute Gasteiger partial charge is 0.310 e. The molecule has 0 aromatic heterocycles. The first-order valence-corrected chi connectivity index (χ1v) is 5.94. The average molecular weight is 266 g/mol. The van der Waals surface area contributed by atoms with Crippen molar-refractivity contribution in [1.82, 2.24) is 0 Å². The van der Waals surface area contributed by atoms with E-state index >= 15 is 0 Å². The Kier molecular flexibility index (Phi) is 5.36. The highest BCUT2D eigenvalue weighted by Gasteiger charge is 2.18. The van der Waals surface area contributed by atoms with Crippen molar-refractivity contribution < 1.29 is 23.8 Å². The normalized spacial score (nSPS) is 9.89. The van der Waals surface area contributed by atoms with E-state index in [-0.39, 0.29) is 18.2 Å². The first-order valence-electron chi connectivity index (χ1n) is 5.94. The van der Waals surface area contributed by atoms with E-state index < -0.39 is 0 Å². The molecule has 0 amide bonds. The summed E-state index contributed by atoms with van der Waals surface area (Å²) < 4.78 is 15.2. The standard InChI is InChI=1S/C14H18O5/c1-5-19-13(16)7-10-6-11(17-3)8-12(18-4)14(10)9(2)15/h6,8H,5,7H2,1-4H3. The van der Waals surface area contributed by atoms with Crippen LogP contribution in [0.1, 0.15) is 29.8 Å². The number of rotatable bonds is 6. The van der Waals surface area contributed by atoms with Crippen LogP contribution in [0.2, 0.25) is 0 Å². The van der Waals surface area contributed by atoms with Gasteiger partial charge in [0.2, 0.25) is 0 Å². The maximum Gasteiger partial charge on any atom is 0.310 e. The Morgan fingerprint density at radius 3 is 2.32 bits per heavy atom. The number of ether oxygens (including phenoxy) is 3. The van der Waals surface area contributed by atoms with E-state index in [9.17, 15) is 9.59 Å². The molecule has 1 rings (SSSR count). The van der Waals surface area contributed by atoms with Crippen LogP contribution in [0.3, 0.4) is 0 Å². The third kappa shape index (κ3) is 3.71. The highest BCUT2D eigenvalue weighted by Crippen LogP contribution is 2.29. The van der Waals surface area contributed by atoms with Crippen molar-refractivity contribution in [1.29, 1.82) is 0 Å². The molecule has 5 nitrogen and oxygen atoms in total. The SMILES string of the molecule is CCOC(=O)Cc1cc(OC)cc(OC)c1C(C)=O. The Balaban J connectivity index is 3.25. The molecule has 0 saturated carbocycles. The molecule has 19 heavy (non-hydrogen) atoms. The fourth-order valence-corrected chi connectivity index (χ4v) is 1.83. The summed E-state index contributed by atoms with van der Waals surface area (Å²) in [5, 5.41) is 0. The maximum atomic E-state index is 11.7.